The fourth-order valence-corrected chi connectivity index (χ4v) is 5.01. The summed E-state index contributed by atoms with van der Waals surface area (Å²) < 4.78 is 21.7. The van der Waals surface area contributed by atoms with Crippen molar-refractivity contribution in [1.82, 2.24) is 24.9 Å². The highest BCUT2D eigenvalue weighted by Gasteiger charge is 2.38. The van der Waals surface area contributed by atoms with E-state index in [4.69, 9.17) is 4.74 Å². The number of anilines is 3. The largest absolute Gasteiger partial charge is 0.387 e. The SMILES string of the molecule is CC(C)(O)C(F)CNC(=O)c1cnc(-c2ccc3cc(C#N)cnn23)cc1Nc1ccc(N2CC3CC(C2)O3)nc1. The number of rotatable bonds is 8. The molecule has 11 nitrogen and oxygen atoms in total. The zero-order valence-corrected chi connectivity index (χ0v) is 22.6. The number of nitrogens with one attached hydrogen (secondary N) is 2. The molecular formula is C29H29FN8O3. The molecule has 3 aliphatic heterocycles. The maximum atomic E-state index is 14.4. The summed E-state index contributed by atoms with van der Waals surface area (Å²) >= 11 is 0. The zero-order chi connectivity index (χ0) is 28.7. The molecule has 0 aliphatic carbocycles. The first-order valence-electron chi connectivity index (χ1n) is 13.3. The Kier molecular flexibility index (Phi) is 6.76. The fraction of sp³-hybridized carbons (Fsp3) is 0.345. The molecule has 0 saturated carbocycles. The van der Waals surface area contributed by atoms with Crippen LogP contribution in [0.2, 0.25) is 0 Å². The van der Waals surface area contributed by atoms with Crippen molar-refractivity contribution in [2.75, 3.05) is 29.9 Å². The van der Waals surface area contributed by atoms with Gasteiger partial charge in [-0.1, -0.05) is 0 Å². The molecule has 210 valence electrons. The molecule has 3 fully saturated rings. The number of pyridine rings is 2. The van der Waals surface area contributed by atoms with Gasteiger partial charge in [0, 0.05) is 25.7 Å². The van der Waals surface area contributed by atoms with Crippen LogP contribution in [-0.2, 0) is 4.74 Å². The second-order valence-electron chi connectivity index (χ2n) is 10.9. The van der Waals surface area contributed by atoms with Crippen molar-refractivity contribution >= 4 is 28.6 Å². The number of ether oxygens (including phenoxy) is 1. The number of aliphatic hydroxyl groups is 1. The molecule has 3 atom stereocenters. The summed E-state index contributed by atoms with van der Waals surface area (Å²) in [7, 11) is 0. The third-order valence-electron chi connectivity index (χ3n) is 7.36. The summed E-state index contributed by atoms with van der Waals surface area (Å²) in [5.41, 5.74) is 2.01. The molecule has 3 saturated heterocycles. The number of carbonyl (C=O) groups excluding carboxylic acids is 1. The number of nitrogens with zero attached hydrogens (tertiary/aromatic N) is 6. The van der Waals surface area contributed by atoms with E-state index in [1.165, 1.54) is 26.2 Å². The van der Waals surface area contributed by atoms with Gasteiger partial charge in [-0.3, -0.25) is 9.78 Å². The van der Waals surface area contributed by atoms with Crippen molar-refractivity contribution in [3.8, 4) is 17.5 Å². The number of morpholine rings is 1. The highest BCUT2D eigenvalue weighted by atomic mass is 19.1. The van der Waals surface area contributed by atoms with E-state index in [0.29, 0.717) is 28.3 Å². The number of halogens is 1. The number of alkyl halides is 1. The molecule has 3 unspecified atom stereocenters. The van der Waals surface area contributed by atoms with Gasteiger partial charge >= 0.3 is 0 Å². The number of piperidine rings is 1. The molecule has 0 spiro atoms. The molecule has 1 amide bonds. The Labute approximate surface area is 235 Å². The number of fused-ring (bicyclic) bond motifs is 3. The van der Waals surface area contributed by atoms with Gasteiger partial charge in [0.25, 0.3) is 5.91 Å². The minimum atomic E-state index is -1.66. The average Bonchev–Trinajstić information content (AvgIpc) is 3.38. The molecule has 7 rings (SSSR count). The van der Waals surface area contributed by atoms with Gasteiger partial charge < -0.3 is 25.4 Å². The van der Waals surface area contributed by atoms with Crippen LogP contribution >= 0.6 is 0 Å². The van der Waals surface area contributed by atoms with Crippen LogP contribution in [0.15, 0.2) is 55.0 Å². The van der Waals surface area contributed by atoms with E-state index in [1.807, 2.05) is 24.3 Å². The molecule has 3 aliphatic rings. The first kappa shape index (κ1) is 26.6. The lowest BCUT2D eigenvalue weighted by Gasteiger charge is -2.47. The van der Waals surface area contributed by atoms with Gasteiger partial charge in [-0.15, -0.1) is 0 Å². The van der Waals surface area contributed by atoms with Crippen LogP contribution in [-0.4, -0.2) is 74.2 Å². The van der Waals surface area contributed by atoms with E-state index in [2.05, 4.69) is 36.7 Å². The topological polar surface area (TPSA) is 141 Å². The highest BCUT2D eigenvalue weighted by Crippen LogP contribution is 2.32. The molecule has 4 aromatic heterocycles. The van der Waals surface area contributed by atoms with E-state index < -0.39 is 17.7 Å². The molecule has 12 heteroatoms. The second kappa shape index (κ2) is 10.4. The fourth-order valence-electron chi connectivity index (χ4n) is 5.01. The lowest BCUT2D eigenvalue weighted by molar-refractivity contribution is -0.133. The highest BCUT2D eigenvalue weighted by molar-refractivity contribution is 6.00. The average molecular weight is 557 g/mol. The van der Waals surface area contributed by atoms with Gasteiger partial charge in [-0.05, 0) is 50.2 Å². The number of hydrogen-bond acceptors (Lipinski definition) is 9. The molecule has 41 heavy (non-hydrogen) atoms. The third kappa shape index (κ3) is 5.41. The van der Waals surface area contributed by atoms with Gasteiger partial charge in [-0.2, -0.15) is 10.4 Å². The van der Waals surface area contributed by atoms with Crippen LogP contribution in [0.25, 0.3) is 16.9 Å². The van der Waals surface area contributed by atoms with Crippen LogP contribution in [0.1, 0.15) is 36.2 Å². The molecule has 0 aromatic carbocycles. The number of hydrogen-bond donors (Lipinski definition) is 3. The first-order valence-corrected chi connectivity index (χ1v) is 13.3. The Bertz CT molecular complexity index is 1630. The van der Waals surface area contributed by atoms with Crippen molar-refractivity contribution in [2.45, 2.75) is 44.2 Å². The van der Waals surface area contributed by atoms with Crippen LogP contribution in [0.3, 0.4) is 0 Å². The van der Waals surface area contributed by atoms with Gasteiger partial charge in [0.05, 0.1) is 76.2 Å². The van der Waals surface area contributed by atoms with Crippen molar-refractivity contribution in [3.05, 3.63) is 66.1 Å². The minimum Gasteiger partial charge on any atom is -0.387 e. The molecular weight excluding hydrogens is 527 g/mol. The number of aromatic nitrogens is 4. The van der Waals surface area contributed by atoms with Crippen molar-refractivity contribution in [2.24, 2.45) is 0 Å². The van der Waals surface area contributed by atoms with E-state index in [9.17, 15) is 19.6 Å². The first-order chi connectivity index (χ1) is 19.7. The summed E-state index contributed by atoms with van der Waals surface area (Å²) in [4.78, 5) is 24.5. The van der Waals surface area contributed by atoms with E-state index in [1.54, 1.807) is 22.8 Å². The van der Waals surface area contributed by atoms with Crippen LogP contribution < -0.4 is 15.5 Å². The standard InChI is InChI=1S/C29H29FN8O3/c1-29(2,40)26(30)14-34-28(39)22-13-32-24(25-5-4-19-7-17(10-31)11-35-38(19)25)9-23(22)36-18-3-6-27(33-12-18)37-15-20-8-21(16-37)41-20/h3-7,9,11-13,20-21,26,40H,8,14-16H2,1-2H3,(H,32,36)(H,34,39). The Morgan fingerprint density at radius 1 is 1.20 bits per heavy atom. The number of carbonyl (C=O) groups is 1. The van der Waals surface area contributed by atoms with Gasteiger partial charge in [0.1, 0.15) is 18.1 Å². The summed E-state index contributed by atoms with van der Waals surface area (Å²) in [6, 6.07) is 13.0. The minimum absolute atomic E-state index is 0.189. The number of amides is 1. The van der Waals surface area contributed by atoms with Gasteiger partial charge in [0.15, 0.2) is 0 Å². The van der Waals surface area contributed by atoms with E-state index in [-0.39, 0.29) is 24.3 Å². The second-order valence-corrected chi connectivity index (χ2v) is 10.9. The molecule has 2 bridgehead atoms. The zero-order valence-electron chi connectivity index (χ0n) is 22.6. The quantitative estimate of drug-likeness (QED) is 0.298. The van der Waals surface area contributed by atoms with Gasteiger partial charge in [-0.25, -0.2) is 13.9 Å². The van der Waals surface area contributed by atoms with Crippen LogP contribution in [0.4, 0.5) is 21.6 Å². The summed E-state index contributed by atoms with van der Waals surface area (Å²) in [5.74, 6) is 0.303. The van der Waals surface area contributed by atoms with Crippen LogP contribution in [0.5, 0.6) is 0 Å². The predicted octanol–water partition coefficient (Wildman–Crippen LogP) is 3.22. The lowest BCUT2D eigenvalue weighted by atomic mass is 9.99. The Morgan fingerprint density at radius 3 is 2.66 bits per heavy atom. The van der Waals surface area contributed by atoms with E-state index in [0.717, 1.165) is 30.8 Å². The predicted molar refractivity (Wildman–Crippen MR) is 150 cm³/mol. The lowest BCUT2D eigenvalue weighted by Crippen LogP contribution is -2.57. The van der Waals surface area contributed by atoms with E-state index >= 15 is 0 Å². The maximum Gasteiger partial charge on any atom is 0.255 e. The monoisotopic (exact) mass is 556 g/mol. The smallest absolute Gasteiger partial charge is 0.255 e. The molecule has 4 aromatic rings. The number of nitriles is 1. The van der Waals surface area contributed by atoms with Gasteiger partial charge in [0.2, 0.25) is 0 Å². The maximum absolute atomic E-state index is 14.4. The molecule has 3 N–H and O–H groups in total. The molecule has 0 radical (unpaired) electrons. The Morgan fingerprint density at radius 2 is 1.98 bits per heavy atom. The summed E-state index contributed by atoms with van der Waals surface area (Å²) in [5, 5.41) is 29.3. The van der Waals surface area contributed by atoms with Crippen molar-refractivity contribution < 1.29 is 19.0 Å². The van der Waals surface area contributed by atoms with Crippen LogP contribution in [0, 0.1) is 11.3 Å². The summed E-state index contributed by atoms with van der Waals surface area (Å²) in [6.45, 7) is 3.95. The van der Waals surface area contributed by atoms with Crippen molar-refractivity contribution in [3.63, 3.8) is 0 Å². The molecule has 7 heterocycles. The Hall–Kier alpha value is -4.60. The summed E-state index contributed by atoms with van der Waals surface area (Å²) in [6.07, 6.45) is 4.54. The Balaban J connectivity index is 1.29. The third-order valence-corrected chi connectivity index (χ3v) is 7.36. The van der Waals surface area contributed by atoms with Crippen molar-refractivity contribution in [1.29, 1.82) is 5.26 Å². The normalized spacial score (nSPS) is 18.9.